The summed E-state index contributed by atoms with van der Waals surface area (Å²) in [5, 5.41) is 5.07. The van der Waals surface area contributed by atoms with Crippen LogP contribution in [-0.2, 0) is 16.4 Å². The highest BCUT2D eigenvalue weighted by atomic mass is 32.2. The van der Waals surface area contributed by atoms with Gasteiger partial charge in [0, 0.05) is 5.92 Å². The van der Waals surface area contributed by atoms with Crippen LogP contribution in [0.25, 0.3) is 0 Å². The van der Waals surface area contributed by atoms with E-state index in [1.165, 1.54) is 0 Å². The molecule has 114 valence electrons. The molecule has 2 N–H and O–H groups in total. The third-order valence-electron chi connectivity index (χ3n) is 3.16. The van der Waals surface area contributed by atoms with E-state index in [0.29, 0.717) is 24.5 Å². The van der Waals surface area contributed by atoms with Crippen LogP contribution in [0.5, 0.6) is 11.5 Å². The summed E-state index contributed by atoms with van der Waals surface area (Å²) in [6.07, 6.45) is 1.60. The molecule has 0 aliphatic carbocycles. The molecule has 0 saturated heterocycles. The number of hydrogen-bond acceptors (Lipinski definition) is 4. The molecule has 5 nitrogen and oxygen atoms in total. The van der Waals surface area contributed by atoms with Crippen molar-refractivity contribution in [1.82, 2.24) is 0 Å². The number of primary sulfonamides is 1. The van der Waals surface area contributed by atoms with Gasteiger partial charge in [0.1, 0.15) is 0 Å². The zero-order chi connectivity index (χ0) is 15.2. The second-order valence-corrected chi connectivity index (χ2v) is 6.41. The third kappa shape index (κ3) is 5.38. The van der Waals surface area contributed by atoms with Gasteiger partial charge in [-0.2, -0.15) is 0 Å². The average molecular weight is 301 g/mol. The number of nitrogens with two attached hydrogens (primary N) is 1. The third-order valence-corrected chi connectivity index (χ3v) is 4.09. The van der Waals surface area contributed by atoms with Crippen LogP contribution in [0.15, 0.2) is 18.2 Å². The number of ether oxygens (including phenoxy) is 2. The van der Waals surface area contributed by atoms with E-state index in [0.717, 1.165) is 12.0 Å². The van der Waals surface area contributed by atoms with Crippen molar-refractivity contribution in [1.29, 1.82) is 0 Å². The molecule has 0 aliphatic rings. The molecular formula is C14H23NO4S. The van der Waals surface area contributed by atoms with Crippen molar-refractivity contribution in [3.8, 4) is 11.5 Å². The molecule has 0 spiro atoms. The lowest BCUT2D eigenvalue weighted by molar-refractivity contribution is 0.245. The van der Waals surface area contributed by atoms with Gasteiger partial charge in [0.25, 0.3) is 0 Å². The minimum atomic E-state index is -3.48. The number of sulfonamides is 1. The summed E-state index contributed by atoms with van der Waals surface area (Å²) in [4.78, 5) is 0. The molecule has 0 bridgehead atoms. The number of methoxy groups -OCH3 is 1. The van der Waals surface area contributed by atoms with E-state index >= 15 is 0 Å². The Labute approximate surface area is 121 Å². The molecule has 1 aromatic carbocycles. The number of rotatable bonds is 8. The van der Waals surface area contributed by atoms with E-state index in [4.69, 9.17) is 14.6 Å². The minimum absolute atomic E-state index is 0.0706. The van der Waals surface area contributed by atoms with E-state index in [2.05, 4.69) is 6.92 Å². The number of hydrogen-bond donors (Lipinski definition) is 1. The van der Waals surface area contributed by atoms with Crippen LogP contribution in [0.1, 0.15) is 25.8 Å². The second kappa shape index (κ2) is 7.50. The topological polar surface area (TPSA) is 78.6 Å². The summed E-state index contributed by atoms with van der Waals surface area (Å²) in [6.45, 7) is 4.28. The largest absolute Gasteiger partial charge is 0.493 e. The molecule has 1 unspecified atom stereocenters. The summed E-state index contributed by atoms with van der Waals surface area (Å²) < 4.78 is 33.2. The molecule has 1 atom stereocenters. The molecule has 1 aromatic rings. The molecule has 0 amide bonds. The first-order chi connectivity index (χ1) is 9.39. The molecule has 0 aliphatic heterocycles. The highest BCUT2D eigenvalue weighted by Gasteiger charge is 2.16. The maximum Gasteiger partial charge on any atom is 0.209 e. The van der Waals surface area contributed by atoms with E-state index < -0.39 is 10.0 Å². The van der Waals surface area contributed by atoms with Gasteiger partial charge in [-0.15, -0.1) is 0 Å². The van der Waals surface area contributed by atoms with Crippen LogP contribution >= 0.6 is 0 Å². The van der Waals surface area contributed by atoms with E-state index in [-0.39, 0.29) is 11.7 Å². The van der Waals surface area contributed by atoms with Gasteiger partial charge in [0.15, 0.2) is 11.5 Å². The lowest BCUT2D eigenvalue weighted by Gasteiger charge is -2.17. The van der Waals surface area contributed by atoms with Gasteiger partial charge >= 0.3 is 0 Å². The Morgan fingerprint density at radius 1 is 1.25 bits per heavy atom. The Morgan fingerprint density at radius 3 is 2.45 bits per heavy atom. The summed E-state index contributed by atoms with van der Waals surface area (Å²) in [6, 6.07) is 5.75. The number of aryl methyl sites for hydroxylation is 1. The zero-order valence-electron chi connectivity index (χ0n) is 12.3. The van der Waals surface area contributed by atoms with E-state index in [1.54, 1.807) is 7.11 Å². The average Bonchev–Trinajstić information content (AvgIpc) is 2.41. The van der Waals surface area contributed by atoms with Crippen molar-refractivity contribution in [2.45, 2.75) is 26.7 Å². The molecule has 20 heavy (non-hydrogen) atoms. The first-order valence-corrected chi connectivity index (χ1v) is 8.41. The second-order valence-electron chi connectivity index (χ2n) is 4.75. The lowest BCUT2D eigenvalue weighted by Crippen LogP contribution is -2.26. The van der Waals surface area contributed by atoms with Crippen LogP contribution in [-0.4, -0.2) is 27.9 Å². The SMILES string of the molecule is CCc1ccc(OCC(CC)CS(N)(=O)=O)c(OC)c1. The van der Waals surface area contributed by atoms with Crippen molar-refractivity contribution in [3.63, 3.8) is 0 Å². The summed E-state index contributed by atoms with van der Waals surface area (Å²) in [5.41, 5.74) is 1.16. The summed E-state index contributed by atoms with van der Waals surface area (Å²) in [5.74, 6) is 1.09. The van der Waals surface area contributed by atoms with E-state index in [1.807, 2.05) is 25.1 Å². The Balaban J connectivity index is 2.73. The number of benzene rings is 1. The lowest BCUT2D eigenvalue weighted by atomic mass is 10.1. The van der Waals surface area contributed by atoms with Crippen molar-refractivity contribution in [2.24, 2.45) is 11.1 Å². The van der Waals surface area contributed by atoms with Gasteiger partial charge in [-0.3, -0.25) is 0 Å². The highest BCUT2D eigenvalue weighted by Crippen LogP contribution is 2.28. The highest BCUT2D eigenvalue weighted by molar-refractivity contribution is 7.89. The molecule has 1 rings (SSSR count). The van der Waals surface area contributed by atoms with Crippen molar-refractivity contribution < 1.29 is 17.9 Å². The van der Waals surface area contributed by atoms with Crippen molar-refractivity contribution in [3.05, 3.63) is 23.8 Å². The molecule has 0 aromatic heterocycles. The summed E-state index contributed by atoms with van der Waals surface area (Å²) >= 11 is 0. The van der Waals surface area contributed by atoms with Gasteiger partial charge in [-0.1, -0.05) is 19.9 Å². The first-order valence-electron chi connectivity index (χ1n) is 6.69. The van der Waals surface area contributed by atoms with Crippen molar-refractivity contribution in [2.75, 3.05) is 19.5 Å². The van der Waals surface area contributed by atoms with Gasteiger partial charge in [0.05, 0.1) is 19.5 Å². The van der Waals surface area contributed by atoms with Gasteiger partial charge in [-0.05, 0) is 30.5 Å². The van der Waals surface area contributed by atoms with Gasteiger partial charge < -0.3 is 9.47 Å². The van der Waals surface area contributed by atoms with Crippen LogP contribution in [0, 0.1) is 5.92 Å². The zero-order valence-corrected chi connectivity index (χ0v) is 13.1. The van der Waals surface area contributed by atoms with Crippen LogP contribution < -0.4 is 14.6 Å². The van der Waals surface area contributed by atoms with Gasteiger partial charge in [0.2, 0.25) is 10.0 Å². The quantitative estimate of drug-likeness (QED) is 0.796. The fourth-order valence-electron chi connectivity index (χ4n) is 1.87. The molecule has 0 saturated carbocycles. The predicted octanol–water partition coefficient (Wildman–Crippen LogP) is 1.95. The van der Waals surface area contributed by atoms with E-state index in [9.17, 15) is 8.42 Å². The molecular weight excluding hydrogens is 278 g/mol. The monoisotopic (exact) mass is 301 g/mol. The predicted molar refractivity (Wildman–Crippen MR) is 79.6 cm³/mol. The normalized spacial score (nSPS) is 13.0. The summed E-state index contributed by atoms with van der Waals surface area (Å²) in [7, 11) is -1.89. The fourth-order valence-corrected chi connectivity index (χ4v) is 2.86. The molecule has 0 radical (unpaired) electrons. The Morgan fingerprint density at radius 2 is 1.95 bits per heavy atom. The first kappa shape index (κ1) is 16.8. The Kier molecular flexibility index (Phi) is 6.29. The maximum absolute atomic E-state index is 11.1. The Bertz CT molecular complexity index is 528. The molecule has 6 heteroatoms. The van der Waals surface area contributed by atoms with Crippen LogP contribution in [0.4, 0.5) is 0 Å². The minimum Gasteiger partial charge on any atom is -0.493 e. The maximum atomic E-state index is 11.1. The van der Waals surface area contributed by atoms with Crippen molar-refractivity contribution >= 4 is 10.0 Å². The van der Waals surface area contributed by atoms with Crippen LogP contribution in [0.3, 0.4) is 0 Å². The molecule has 0 fully saturated rings. The van der Waals surface area contributed by atoms with Crippen LogP contribution in [0.2, 0.25) is 0 Å². The Hall–Kier alpha value is -1.27. The fraction of sp³-hybridized carbons (Fsp3) is 0.571. The standard InChI is InChI=1S/C14H23NO4S/c1-4-11-6-7-13(14(8-11)18-3)19-9-12(5-2)10-20(15,16)17/h6-8,12H,4-5,9-10H2,1-3H3,(H2,15,16,17). The smallest absolute Gasteiger partial charge is 0.209 e. The molecule has 0 heterocycles. The van der Waals surface area contributed by atoms with Gasteiger partial charge in [-0.25, -0.2) is 13.6 Å².